The number of aliphatic hydroxyl groups is 1. The number of carbonyl (C=O) groups is 1. The Hall–Kier alpha value is -2.46. The summed E-state index contributed by atoms with van der Waals surface area (Å²) in [6, 6.07) is 3.21. The highest BCUT2D eigenvalue weighted by Gasteiger charge is 2.41. The van der Waals surface area contributed by atoms with Crippen LogP contribution in [0.5, 0.6) is 0 Å². The van der Waals surface area contributed by atoms with Crippen molar-refractivity contribution in [2.45, 2.75) is 55.5 Å². The number of amides is 1. The largest absolute Gasteiger partial charge is 0.393 e. The summed E-state index contributed by atoms with van der Waals surface area (Å²) in [6.07, 6.45) is -0.469. The highest BCUT2D eigenvalue weighted by Crippen LogP contribution is 2.38. The van der Waals surface area contributed by atoms with E-state index in [4.69, 9.17) is 17.4 Å². The molecule has 4 atom stereocenters. The molecule has 1 amide bonds. The molecule has 208 valence electrons. The molecule has 0 bridgehead atoms. The fourth-order valence-corrected chi connectivity index (χ4v) is 5.19. The molecule has 0 radical (unpaired) electrons. The first-order valence-electron chi connectivity index (χ1n) is 11.8. The number of alkyl halides is 3. The monoisotopic (exact) mass is 573 g/mol. The number of aromatic nitrogens is 3. The number of nitrogens with one attached hydrogen (secondary N) is 2. The average molecular weight is 574 g/mol. The Balaban J connectivity index is 1.54. The Bertz CT molecular complexity index is 1210. The second kappa shape index (κ2) is 11.0. The first-order chi connectivity index (χ1) is 17.7. The Morgan fingerprint density at radius 3 is 2.79 bits per heavy atom. The summed E-state index contributed by atoms with van der Waals surface area (Å²) in [7, 11) is 1.79. The highest BCUT2D eigenvalue weighted by atomic mass is 32.2. The molecular formula is C23H30F3N7O3S2. The van der Waals surface area contributed by atoms with Gasteiger partial charge >= 0.3 is 6.18 Å². The normalized spacial score (nSPS) is 24.3. The summed E-state index contributed by atoms with van der Waals surface area (Å²) in [5.74, 6) is -1.32. The predicted molar refractivity (Wildman–Crippen MR) is 141 cm³/mol. The van der Waals surface area contributed by atoms with Crippen LogP contribution in [-0.4, -0.2) is 62.3 Å². The van der Waals surface area contributed by atoms with Crippen LogP contribution >= 0.6 is 24.6 Å². The van der Waals surface area contributed by atoms with Crippen molar-refractivity contribution in [1.29, 1.82) is 0 Å². The second-order valence-electron chi connectivity index (χ2n) is 9.55. The number of β-amino-alcohol motifs (C(OH)–C–C–N with tert-alkyl or cyclic N) is 1. The van der Waals surface area contributed by atoms with E-state index in [1.165, 1.54) is 5.01 Å². The van der Waals surface area contributed by atoms with Crippen molar-refractivity contribution in [3.63, 3.8) is 0 Å². The maximum Gasteiger partial charge on any atom is 0.393 e. The number of hydrazine groups is 1. The van der Waals surface area contributed by atoms with Gasteiger partial charge in [-0.25, -0.2) is 4.98 Å². The van der Waals surface area contributed by atoms with Crippen LogP contribution in [0, 0.1) is 12.8 Å². The molecule has 3 N–H and O–H groups in total. The van der Waals surface area contributed by atoms with Crippen molar-refractivity contribution in [2.24, 2.45) is 13.0 Å². The Morgan fingerprint density at radius 1 is 1.45 bits per heavy atom. The summed E-state index contributed by atoms with van der Waals surface area (Å²) in [5, 5.41) is 16.1. The van der Waals surface area contributed by atoms with Gasteiger partial charge in [-0.15, -0.1) is 0 Å². The molecule has 2 aliphatic rings. The molecule has 2 aromatic heterocycles. The van der Waals surface area contributed by atoms with E-state index in [9.17, 15) is 23.1 Å². The number of aryl methyl sites for hydroxylation is 2. The van der Waals surface area contributed by atoms with E-state index in [0.29, 0.717) is 18.1 Å². The number of ether oxygens (including phenoxy) is 1. The standard InChI is InChI=1S/C23H30F3N7O3S2/c1-13(23(24,25)26)12-36-19-7-8-33(29-19)18-6-5-16(20(27-18)32-10-15(34)9-22(32,3)37)21(35)30-38-17-11-31(4)28-14(17)2/h5-8,11,13,15,19,29,34,37H,9-10,12H2,1-4H3,(H,30,35)/t13?,15-,19?,22?/m0/s1. The van der Waals surface area contributed by atoms with E-state index >= 15 is 0 Å². The number of pyridine rings is 1. The zero-order valence-corrected chi connectivity index (χ0v) is 22.9. The lowest BCUT2D eigenvalue weighted by Crippen LogP contribution is -2.40. The van der Waals surface area contributed by atoms with Gasteiger partial charge in [-0.05, 0) is 44.0 Å². The second-order valence-corrected chi connectivity index (χ2v) is 11.4. The van der Waals surface area contributed by atoms with E-state index in [1.807, 2.05) is 13.8 Å². The quantitative estimate of drug-likeness (QED) is 0.280. The zero-order chi connectivity index (χ0) is 27.8. The molecule has 4 heterocycles. The molecule has 2 aromatic rings. The Morgan fingerprint density at radius 2 is 2.18 bits per heavy atom. The summed E-state index contributed by atoms with van der Waals surface area (Å²) >= 11 is 5.84. The van der Waals surface area contributed by atoms with E-state index in [1.54, 1.807) is 47.2 Å². The molecule has 38 heavy (non-hydrogen) atoms. The van der Waals surface area contributed by atoms with Gasteiger partial charge in [-0.3, -0.25) is 19.2 Å². The minimum atomic E-state index is -4.34. The molecule has 0 spiro atoms. The number of thiol groups is 1. The third kappa shape index (κ3) is 6.39. The molecule has 1 fully saturated rings. The molecule has 0 saturated carbocycles. The lowest BCUT2D eigenvalue weighted by Gasteiger charge is -2.33. The van der Waals surface area contributed by atoms with E-state index in [2.05, 4.69) is 20.2 Å². The Kier molecular flexibility index (Phi) is 8.23. The number of anilines is 2. The topological polar surface area (TPSA) is 108 Å². The van der Waals surface area contributed by atoms with Gasteiger partial charge in [0.2, 0.25) is 0 Å². The smallest absolute Gasteiger partial charge is 0.391 e. The van der Waals surface area contributed by atoms with Crippen LogP contribution in [0.3, 0.4) is 0 Å². The van der Waals surface area contributed by atoms with Crippen molar-refractivity contribution in [3.05, 3.63) is 41.9 Å². The fraction of sp³-hybridized carbons (Fsp3) is 0.522. The maximum atomic E-state index is 13.3. The predicted octanol–water partition coefficient (Wildman–Crippen LogP) is 3.16. The first-order valence-corrected chi connectivity index (χ1v) is 13.1. The van der Waals surface area contributed by atoms with Crippen LogP contribution in [-0.2, 0) is 11.8 Å². The molecule has 0 aliphatic carbocycles. The van der Waals surface area contributed by atoms with E-state index < -0.39 is 41.8 Å². The maximum absolute atomic E-state index is 13.3. The number of nitrogens with zero attached hydrogens (tertiary/aromatic N) is 5. The third-order valence-electron chi connectivity index (χ3n) is 6.19. The minimum Gasteiger partial charge on any atom is -0.391 e. The van der Waals surface area contributed by atoms with Crippen molar-refractivity contribution in [1.82, 2.24) is 24.9 Å². The minimum absolute atomic E-state index is 0.218. The molecule has 2 aliphatic heterocycles. The van der Waals surface area contributed by atoms with E-state index in [-0.39, 0.29) is 12.1 Å². The van der Waals surface area contributed by atoms with E-state index in [0.717, 1.165) is 29.5 Å². The van der Waals surface area contributed by atoms with Gasteiger partial charge in [0.15, 0.2) is 0 Å². The molecule has 15 heteroatoms. The van der Waals surface area contributed by atoms with Gasteiger partial charge in [0.25, 0.3) is 5.91 Å². The van der Waals surface area contributed by atoms with Gasteiger partial charge in [0.1, 0.15) is 17.9 Å². The van der Waals surface area contributed by atoms with Gasteiger partial charge in [-0.2, -0.15) is 36.3 Å². The van der Waals surface area contributed by atoms with Crippen LogP contribution in [0.25, 0.3) is 0 Å². The SMILES string of the molecule is Cc1nn(C)cc1SNC(=O)c1ccc(N2C=CC(OCC(C)C(F)(F)F)N2)nc1N1C[C@@H](O)CC1(C)S. The van der Waals surface area contributed by atoms with Crippen molar-refractivity contribution in [2.75, 3.05) is 23.1 Å². The van der Waals surface area contributed by atoms with Crippen LogP contribution in [0.4, 0.5) is 24.8 Å². The zero-order valence-electron chi connectivity index (χ0n) is 21.2. The lowest BCUT2D eigenvalue weighted by molar-refractivity contribution is -0.186. The number of hydrogen-bond acceptors (Lipinski definition) is 10. The number of hydrogen-bond donors (Lipinski definition) is 4. The van der Waals surface area contributed by atoms with Crippen molar-refractivity contribution < 1.29 is 27.8 Å². The third-order valence-corrected chi connectivity index (χ3v) is 7.52. The Labute approximate surface area is 228 Å². The number of carbonyl (C=O) groups excluding carboxylic acids is 1. The van der Waals surface area contributed by atoms with Crippen LogP contribution in [0.1, 0.15) is 36.3 Å². The van der Waals surface area contributed by atoms with Gasteiger partial charge in [-0.1, -0.05) is 6.92 Å². The highest BCUT2D eigenvalue weighted by molar-refractivity contribution is 7.98. The molecule has 3 unspecified atom stereocenters. The molecule has 0 aromatic carbocycles. The number of aliphatic hydroxyl groups excluding tert-OH is 1. The number of halogens is 3. The summed E-state index contributed by atoms with van der Waals surface area (Å²) in [6.45, 7) is 4.44. The molecular weight excluding hydrogens is 543 g/mol. The summed E-state index contributed by atoms with van der Waals surface area (Å²) in [5.41, 5.74) is 3.97. The van der Waals surface area contributed by atoms with Crippen LogP contribution in [0.15, 0.2) is 35.5 Å². The summed E-state index contributed by atoms with van der Waals surface area (Å²) in [4.78, 5) is 19.7. The molecule has 1 saturated heterocycles. The van der Waals surface area contributed by atoms with Crippen molar-refractivity contribution >= 4 is 42.1 Å². The summed E-state index contributed by atoms with van der Waals surface area (Å²) < 4.78 is 48.3. The number of rotatable bonds is 8. The van der Waals surface area contributed by atoms with Gasteiger partial charge < -0.3 is 14.7 Å². The first kappa shape index (κ1) is 28.5. The van der Waals surface area contributed by atoms with Crippen LogP contribution in [0.2, 0.25) is 0 Å². The molecule has 10 nitrogen and oxygen atoms in total. The fourth-order valence-electron chi connectivity index (χ4n) is 4.10. The van der Waals surface area contributed by atoms with Crippen LogP contribution < -0.4 is 20.1 Å². The van der Waals surface area contributed by atoms with Gasteiger partial charge in [0.05, 0.1) is 39.7 Å². The molecule has 4 rings (SSSR count). The van der Waals surface area contributed by atoms with Gasteiger partial charge in [0, 0.05) is 32.4 Å². The average Bonchev–Trinajstić information content (AvgIpc) is 3.50. The lowest BCUT2D eigenvalue weighted by atomic mass is 10.2. The van der Waals surface area contributed by atoms with Crippen molar-refractivity contribution in [3.8, 4) is 0 Å².